The van der Waals surface area contributed by atoms with E-state index in [4.69, 9.17) is 4.74 Å². The van der Waals surface area contributed by atoms with E-state index < -0.39 is 11.6 Å². The van der Waals surface area contributed by atoms with Crippen LogP contribution in [-0.4, -0.2) is 31.8 Å². The number of nitrogens with one attached hydrogen (secondary N) is 2. The highest BCUT2D eigenvalue weighted by molar-refractivity contribution is 5.80. The second-order valence-corrected chi connectivity index (χ2v) is 7.51. The monoisotopic (exact) mass is 349 g/mol. The zero-order valence-electron chi connectivity index (χ0n) is 14.5. The van der Waals surface area contributed by atoms with E-state index in [2.05, 4.69) is 15.6 Å². The summed E-state index contributed by atoms with van der Waals surface area (Å²) >= 11 is 0. The lowest BCUT2D eigenvalue weighted by atomic mass is 9.54. The summed E-state index contributed by atoms with van der Waals surface area (Å²) in [6.45, 7) is 1.18. The summed E-state index contributed by atoms with van der Waals surface area (Å²) in [7, 11) is 1.73. The van der Waals surface area contributed by atoms with Crippen molar-refractivity contribution in [2.75, 3.05) is 13.7 Å². The third-order valence-corrected chi connectivity index (χ3v) is 6.18. The first kappa shape index (κ1) is 16.8. The molecule has 0 bridgehead atoms. The van der Waals surface area contributed by atoms with Gasteiger partial charge in [0, 0.05) is 43.6 Å². The van der Waals surface area contributed by atoms with Gasteiger partial charge in [-0.1, -0.05) is 12.8 Å². The Hall–Kier alpha value is -1.69. The van der Waals surface area contributed by atoms with Crippen molar-refractivity contribution in [1.82, 2.24) is 10.6 Å². The van der Waals surface area contributed by atoms with Crippen molar-refractivity contribution in [3.8, 4) is 0 Å². The third kappa shape index (κ3) is 2.90. The van der Waals surface area contributed by atoms with Gasteiger partial charge in [0.15, 0.2) is 5.96 Å². The number of ether oxygens (including phenoxy) is 1. The standard InChI is InChI=1S/C19H25F2N3O/c1-22-18(23-11-12-8-13(20)10-14(21)9-12)24-16-15-4-7-25-17(15)19(16)5-2-3-6-19/h8-10,15-17H,2-7,11H2,1H3,(H2,22,23,24). The molecular weight excluding hydrogens is 324 g/mol. The number of nitrogens with zero attached hydrogens (tertiary/aromatic N) is 1. The van der Waals surface area contributed by atoms with Gasteiger partial charge in [0.25, 0.3) is 0 Å². The third-order valence-electron chi connectivity index (χ3n) is 6.18. The molecule has 4 nitrogen and oxygen atoms in total. The van der Waals surface area contributed by atoms with E-state index in [0.717, 1.165) is 19.1 Å². The topological polar surface area (TPSA) is 45.7 Å². The van der Waals surface area contributed by atoms with Crippen LogP contribution in [-0.2, 0) is 11.3 Å². The summed E-state index contributed by atoms with van der Waals surface area (Å²) in [5.74, 6) is 0.110. The summed E-state index contributed by atoms with van der Waals surface area (Å²) in [6, 6.07) is 3.94. The Bertz CT molecular complexity index is 652. The molecule has 3 fully saturated rings. The lowest BCUT2D eigenvalue weighted by Crippen LogP contribution is -2.69. The SMILES string of the molecule is CN=C(NCc1cc(F)cc(F)c1)NC1C2CCOC2C12CCCC2. The summed E-state index contributed by atoms with van der Waals surface area (Å²) in [6.07, 6.45) is 6.42. The fourth-order valence-corrected chi connectivity index (χ4v) is 5.14. The molecular formula is C19H25F2N3O. The predicted molar refractivity (Wildman–Crippen MR) is 92.2 cm³/mol. The van der Waals surface area contributed by atoms with E-state index >= 15 is 0 Å². The smallest absolute Gasteiger partial charge is 0.191 e. The predicted octanol–water partition coefficient (Wildman–Crippen LogP) is 2.98. The first-order valence-corrected chi connectivity index (χ1v) is 9.16. The molecule has 0 radical (unpaired) electrons. The van der Waals surface area contributed by atoms with E-state index in [0.29, 0.717) is 36.1 Å². The van der Waals surface area contributed by atoms with Gasteiger partial charge in [-0.05, 0) is 37.0 Å². The van der Waals surface area contributed by atoms with Gasteiger partial charge in [-0.15, -0.1) is 0 Å². The van der Waals surface area contributed by atoms with Crippen LogP contribution in [0, 0.1) is 23.0 Å². The number of benzene rings is 1. The van der Waals surface area contributed by atoms with Crippen LogP contribution in [0.5, 0.6) is 0 Å². The highest BCUT2D eigenvalue weighted by Crippen LogP contribution is 2.60. The van der Waals surface area contributed by atoms with Crippen LogP contribution in [0.2, 0.25) is 0 Å². The molecule has 6 heteroatoms. The molecule has 2 aliphatic carbocycles. The molecule has 0 aromatic heterocycles. The second-order valence-electron chi connectivity index (χ2n) is 7.51. The van der Waals surface area contributed by atoms with Crippen molar-refractivity contribution in [2.24, 2.45) is 16.3 Å². The van der Waals surface area contributed by atoms with Crippen molar-refractivity contribution in [1.29, 1.82) is 0 Å². The van der Waals surface area contributed by atoms with Gasteiger partial charge >= 0.3 is 0 Å². The largest absolute Gasteiger partial charge is 0.377 e. The van der Waals surface area contributed by atoms with Crippen molar-refractivity contribution >= 4 is 5.96 Å². The summed E-state index contributed by atoms with van der Waals surface area (Å²) in [5.41, 5.74) is 0.802. The maximum atomic E-state index is 13.3. The molecule has 2 saturated carbocycles. The Morgan fingerprint density at radius 2 is 1.96 bits per heavy atom. The van der Waals surface area contributed by atoms with Gasteiger partial charge < -0.3 is 15.4 Å². The van der Waals surface area contributed by atoms with Gasteiger partial charge in [0.1, 0.15) is 11.6 Å². The van der Waals surface area contributed by atoms with E-state index in [1.807, 2.05) is 0 Å². The molecule has 3 unspecified atom stereocenters. The average Bonchev–Trinajstić information content (AvgIpc) is 3.22. The number of aliphatic imine (C=N–C) groups is 1. The molecule has 1 heterocycles. The highest BCUT2D eigenvalue weighted by Gasteiger charge is 2.65. The van der Waals surface area contributed by atoms with Gasteiger partial charge in [-0.3, -0.25) is 4.99 Å². The Morgan fingerprint density at radius 1 is 1.24 bits per heavy atom. The Labute approximate surface area is 147 Å². The van der Waals surface area contributed by atoms with Crippen LogP contribution in [0.15, 0.2) is 23.2 Å². The van der Waals surface area contributed by atoms with Crippen LogP contribution in [0.1, 0.15) is 37.7 Å². The summed E-state index contributed by atoms with van der Waals surface area (Å²) in [4.78, 5) is 4.30. The molecule has 1 aliphatic heterocycles. The molecule has 1 aromatic carbocycles. The molecule has 1 spiro atoms. The number of halogens is 2. The Kier molecular flexibility index (Phi) is 4.40. The molecule has 1 saturated heterocycles. The number of fused-ring (bicyclic) bond motifs is 2. The molecule has 4 rings (SSSR count). The fourth-order valence-electron chi connectivity index (χ4n) is 5.14. The maximum Gasteiger partial charge on any atom is 0.191 e. The first-order valence-electron chi connectivity index (χ1n) is 9.16. The summed E-state index contributed by atoms with van der Waals surface area (Å²) < 4.78 is 32.7. The minimum absolute atomic E-state index is 0.240. The average molecular weight is 349 g/mol. The lowest BCUT2D eigenvalue weighted by Gasteiger charge is -2.57. The minimum atomic E-state index is -0.561. The summed E-state index contributed by atoms with van der Waals surface area (Å²) in [5, 5.41) is 6.77. The van der Waals surface area contributed by atoms with Crippen LogP contribution >= 0.6 is 0 Å². The maximum absolute atomic E-state index is 13.3. The molecule has 3 aliphatic rings. The van der Waals surface area contributed by atoms with Crippen molar-refractivity contribution < 1.29 is 13.5 Å². The van der Waals surface area contributed by atoms with Gasteiger partial charge in [0.2, 0.25) is 0 Å². The Balaban J connectivity index is 1.42. The Morgan fingerprint density at radius 3 is 2.64 bits per heavy atom. The van der Waals surface area contributed by atoms with Crippen LogP contribution < -0.4 is 10.6 Å². The zero-order chi connectivity index (χ0) is 17.4. The van der Waals surface area contributed by atoms with E-state index in [-0.39, 0.29) is 5.41 Å². The number of hydrogen-bond donors (Lipinski definition) is 2. The van der Waals surface area contributed by atoms with Crippen molar-refractivity contribution in [2.45, 2.75) is 50.8 Å². The van der Waals surface area contributed by atoms with Gasteiger partial charge in [-0.25, -0.2) is 8.78 Å². The first-order chi connectivity index (χ1) is 12.1. The van der Waals surface area contributed by atoms with Crippen LogP contribution in [0.25, 0.3) is 0 Å². The number of rotatable bonds is 3. The van der Waals surface area contributed by atoms with Crippen LogP contribution in [0.4, 0.5) is 8.78 Å². The second kappa shape index (κ2) is 6.56. The molecule has 0 amide bonds. The van der Waals surface area contributed by atoms with Gasteiger partial charge in [-0.2, -0.15) is 0 Å². The molecule has 25 heavy (non-hydrogen) atoms. The molecule has 3 atom stereocenters. The molecule has 1 aromatic rings. The lowest BCUT2D eigenvalue weighted by molar-refractivity contribution is -0.125. The quantitative estimate of drug-likeness (QED) is 0.651. The number of guanidine groups is 1. The molecule has 136 valence electrons. The van der Waals surface area contributed by atoms with Crippen molar-refractivity contribution in [3.63, 3.8) is 0 Å². The van der Waals surface area contributed by atoms with E-state index in [1.54, 1.807) is 7.05 Å². The highest BCUT2D eigenvalue weighted by atomic mass is 19.1. The fraction of sp³-hybridized carbons (Fsp3) is 0.632. The normalized spacial score (nSPS) is 30.2. The molecule has 2 N–H and O–H groups in total. The van der Waals surface area contributed by atoms with E-state index in [1.165, 1.54) is 37.8 Å². The van der Waals surface area contributed by atoms with Crippen molar-refractivity contribution in [3.05, 3.63) is 35.4 Å². The number of hydrogen-bond acceptors (Lipinski definition) is 2. The zero-order valence-corrected chi connectivity index (χ0v) is 14.5. The minimum Gasteiger partial charge on any atom is -0.377 e. The van der Waals surface area contributed by atoms with Crippen LogP contribution in [0.3, 0.4) is 0 Å². The van der Waals surface area contributed by atoms with E-state index in [9.17, 15) is 8.78 Å². The van der Waals surface area contributed by atoms with Gasteiger partial charge in [0.05, 0.1) is 6.10 Å².